The van der Waals surface area contributed by atoms with Gasteiger partial charge in [-0.1, -0.05) is 0 Å². The minimum Gasteiger partial charge on any atom is -0.383 e. The van der Waals surface area contributed by atoms with E-state index in [9.17, 15) is 14.0 Å². The van der Waals surface area contributed by atoms with Gasteiger partial charge >= 0.3 is 0 Å². The third-order valence-electron chi connectivity index (χ3n) is 2.79. The van der Waals surface area contributed by atoms with Crippen molar-refractivity contribution in [1.82, 2.24) is 15.6 Å². The molecule has 6 nitrogen and oxygen atoms in total. The van der Waals surface area contributed by atoms with E-state index in [-0.39, 0.29) is 23.3 Å². The van der Waals surface area contributed by atoms with Crippen molar-refractivity contribution in [2.24, 2.45) is 0 Å². The first kappa shape index (κ1) is 13.3. The molecule has 1 atom stereocenters. The highest BCUT2D eigenvalue weighted by atomic mass is 19.1. The van der Waals surface area contributed by atoms with Crippen molar-refractivity contribution in [2.45, 2.75) is 31.8 Å². The molecule has 1 saturated carbocycles. The summed E-state index contributed by atoms with van der Waals surface area (Å²) in [4.78, 5) is 27.1. The van der Waals surface area contributed by atoms with Gasteiger partial charge in [0.1, 0.15) is 17.7 Å². The molecule has 0 spiro atoms. The molecule has 0 bridgehead atoms. The van der Waals surface area contributed by atoms with Crippen LogP contribution in [0.15, 0.2) is 12.3 Å². The zero-order valence-corrected chi connectivity index (χ0v) is 10.4. The van der Waals surface area contributed by atoms with E-state index >= 15 is 0 Å². The number of amides is 2. The molecule has 1 aliphatic carbocycles. The zero-order chi connectivity index (χ0) is 14.0. The molecule has 1 fully saturated rings. The summed E-state index contributed by atoms with van der Waals surface area (Å²) in [6, 6.07) is 0.493. The lowest BCUT2D eigenvalue weighted by molar-refractivity contribution is -0.122. The molecule has 7 heteroatoms. The summed E-state index contributed by atoms with van der Waals surface area (Å²) in [5.74, 6) is -1.62. The van der Waals surface area contributed by atoms with Crippen LogP contribution in [0.1, 0.15) is 30.1 Å². The summed E-state index contributed by atoms with van der Waals surface area (Å²) in [7, 11) is 0. The van der Waals surface area contributed by atoms with Crippen molar-refractivity contribution in [3.8, 4) is 0 Å². The van der Waals surface area contributed by atoms with Crippen molar-refractivity contribution >= 4 is 17.6 Å². The van der Waals surface area contributed by atoms with E-state index in [0.717, 1.165) is 25.1 Å². The smallest absolute Gasteiger partial charge is 0.255 e. The van der Waals surface area contributed by atoms with Gasteiger partial charge in [0.05, 0.1) is 11.8 Å². The quantitative estimate of drug-likeness (QED) is 0.725. The van der Waals surface area contributed by atoms with Crippen LogP contribution in [0.2, 0.25) is 0 Å². The van der Waals surface area contributed by atoms with Crippen molar-refractivity contribution in [3.63, 3.8) is 0 Å². The summed E-state index contributed by atoms with van der Waals surface area (Å²) in [6.45, 7) is 1.55. The van der Waals surface area contributed by atoms with Crippen LogP contribution in [0.3, 0.4) is 0 Å². The molecule has 1 aromatic heterocycles. The Balaban J connectivity index is 1.99. The first-order valence-corrected chi connectivity index (χ1v) is 5.99. The van der Waals surface area contributed by atoms with Gasteiger partial charge < -0.3 is 16.4 Å². The number of carbonyl (C=O) groups excluding carboxylic acids is 2. The topological polar surface area (TPSA) is 97.1 Å². The van der Waals surface area contributed by atoms with E-state index in [1.165, 1.54) is 0 Å². The molecule has 0 radical (unpaired) electrons. The summed E-state index contributed by atoms with van der Waals surface area (Å²) >= 11 is 0. The number of hydrogen-bond donors (Lipinski definition) is 3. The molecular formula is C12H15FN4O2. The number of nitrogens with one attached hydrogen (secondary N) is 2. The molecule has 1 unspecified atom stereocenters. The number of halogens is 1. The van der Waals surface area contributed by atoms with E-state index in [2.05, 4.69) is 15.6 Å². The summed E-state index contributed by atoms with van der Waals surface area (Å²) in [5.41, 5.74) is 5.42. The zero-order valence-electron chi connectivity index (χ0n) is 10.4. The first-order valence-electron chi connectivity index (χ1n) is 5.99. The van der Waals surface area contributed by atoms with E-state index < -0.39 is 17.8 Å². The number of nitrogen functional groups attached to an aromatic ring is 1. The van der Waals surface area contributed by atoms with Gasteiger partial charge in [-0.15, -0.1) is 0 Å². The van der Waals surface area contributed by atoms with Crippen LogP contribution < -0.4 is 16.4 Å². The van der Waals surface area contributed by atoms with Gasteiger partial charge in [-0.3, -0.25) is 9.59 Å². The third kappa shape index (κ3) is 3.40. The highest BCUT2D eigenvalue weighted by Gasteiger charge is 2.26. The fourth-order valence-corrected chi connectivity index (χ4v) is 1.53. The van der Waals surface area contributed by atoms with E-state index in [0.29, 0.717) is 0 Å². The molecule has 1 aromatic rings. The fourth-order valence-electron chi connectivity index (χ4n) is 1.53. The predicted octanol–water partition coefficient (Wildman–Crippen LogP) is 0.200. The van der Waals surface area contributed by atoms with Crippen LogP contribution in [-0.4, -0.2) is 28.9 Å². The lowest BCUT2D eigenvalue weighted by Crippen LogP contribution is -2.45. The lowest BCUT2D eigenvalue weighted by Gasteiger charge is -2.14. The third-order valence-corrected chi connectivity index (χ3v) is 2.79. The fraction of sp³-hybridized carbons (Fsp3) is 0.417. The minimum atomic E-state index is -0.712. The highest BCUT2D eigenvalue weighted by Crippen LogP contribution is 2.18. The highest BCUT2D eigenvalue weighted by molar-refractivity contribution is 6.00. The van der Waals surface area contributed by atoms with Crippen LogP contribution in [0, 0.1) is 5.82 Å². The van der Waals surface area contributed by atoms with Gasteiger partial charge in [0.2, 0.25) is 5.91 Å². The summed E-state index contributed by atoms with van der Waals surface area (Å²) in [5, 5.41) is 5.22. The van der Waals surface area contributed by atoms with Crippen molar-refractivity contribution in [3.05, 3.63) is 23.6 Å². The lowest BCUT2D eigenvalue weighted by atomic mass is 10.2. The Kier molecular flexibility index (Phi) is 3.64. The van der Waals surface area contributed by atoms with E-state index in [1.54, 1.807) is 6.92 Å². The molecule has 1 heterocycles. The minimum absolute atomic E-state index is 0.0753. The molecule has 4 N–H and O–H groups in total. The second kappa shape index (κ2) is 5.21. The van der Waals surface area contributed by atoms with E-state index in [4.69, 9.17) is 5.73 Å². The monoisotopic (exact) mass is 266 g/mol. The first-order chi connectivity index (χ1) is 8.97. The van der Waals surface area contributed by atoms with Crippen LogP contribution in [0.25, 0.3) is 0 Å². The number of carbonyl (C=O) groups is 2. The average molecular weight is 266 g/mol. The number of hydrogen-bond acceptors (Lipinski definition) is 4. The molecule has 0 aliphatic heterocycles. The van der Waals surface area contributed by atoms with Gasteiger partial charge in [0.15, 0.2) is 0 Å². The van der Waals surface area contributed by atoms with Gasteiger partial charge in [0.25, 0.3) is 5.91 Å². The Hall–Kier alpha value is -2.18. The second-order valence-corrected chi connectivity index (χ2v) is 4.56. The molecule has 19 heavy (non-hydrogen) atoms. The number of aromatic nitrogens is 1. The number of anilines is 1. The van der Waals surface area contributed by atoms with Crippen LogP contribution in [0.4, 0.5) is 10.2 Å². The molecular weight excluding hydrogens is 251 g/mol. The number of rotatable bonds is 4. The average Bonchev–Trinajstić information content (AvgIpc) is 3.15. The largest absolute Gasteiger partial charge is 0.383 e. The Labute approximate surface area is 109 Å². The second-order valence-electron chi connectivity index (χ2n) is 4.56. The van der Waals surface area contributed by atoms with Gasteiger partial charge in [-0.2, -0.15) is 0 Å². The number of pyridine rings is 1. The van der Waals surface area contributed by atoms with Gasteiger partial charge in [-0.05, 0) is 25.8 Å². The maximum absolute atomic E-state index is 13.0. The van der Waals surface area contributed by atoms with Gasteiger partial charge in [-0.25, -0.2) is 9.37 Å². The maximum Gasteiger partial charge on any atom is 0.255 e. The molecule has 0 aromatic carbocycles. The summed E-state index contributed by atoms with van der Waals surface area (Å²) in [6.07, 6.45) is 2.86. The normalized spacial score (nSPS) is 15.7. The van der Waals surface area contributed by atoms with Crippen LogP contribution in [-0.2, 0) is 4.79 Å². The van der Waals surface area contributed by atoms with Crippen molar-refractivity contribution < 1.29 is 14.0 Å². The van der Waals surface area contributed by atoms with Crippen LogP contribution in [0.5, 0.6) is 0 Å². The van der Waals surface area contributed by atoms with Gasteiger partial charge in [0, 0.05) is 6.04 Å². The Bertz CT molecular complexity index is 516. The number of nitrogens with two attached hydrogens (primary N) is 1. The standard InChI is InChI=1S/C12H15FN4O2/c1-6(11(18)17-8-2-3-8)16-12(19)9-4-7(13)5-15-10(9)14/h4-6,8H,2-3H2,1H3,(H2,14,15)(H,16,19)(H,17,18). The maximum atomic E-state index is 13.0. The van der Waals surface area contributed by atoms with E-state index in [1.807, 2.05) is 0 Å². The van der Waals surface area contributed by atoms with Crippen molar-refractivity contribution in [2.75, 3.05) is 5.73 Å². The SMILES string of the molecule is CC(NC(=O)c1cc(F)cnc1N)C(=O)NC1CC1. The molecule has 2 rings (SSSR count). The molecule has 102 valence electrons. The summed E-state index contributed by atoms with van der Waals surface area (Å²) < 4.78 is 13.0. The number of nitrogens with zero attached hydrogens (tertiary/aromatic N) is 1. The predicted molar refractivity (Wildman–Crippen MR) is 66.7 cm³/mol. The molecule has 1 aliphatic rings. The van der Waals surface area contributed by atoms with Crippen molar-refractivity contribution in [1.29, 1.82) is 0 Å². The Morgan fingerprint density at radius 3 is 2.84 bits per heavy atom. The Morgan fingerprint density at radius 2 is 2.21 bits per heavy atom. The Morgan fingerprint density at radius 1 is 1.53 bits per heavy atom. The molecule has 2 amide bonds. The van der Waals surface area contributed by atoms with Crippen LogP contribution >= 0.6 is 0 Å². The molecule has 0 saturated heterocycles.